The predicted octanol–water partition coefficient (Wildman–Crippen LogP) is 0.203. The first kappa shape index (κ1) is 15.2. The topological polar surface area (TPSA) is 160 Å². The van der Waals surface area contributed by atoms with Gasteiger partial charge in [-0.3, -0.25) is 5.32 Å². The van der Waals surface area contributed by atoms with Gasteiger partial charge in [0.25, 0.3) is 0 Å². The Kier molecular flexibility index (Phi) is 4.51. The normalized spacial score (nSPS) is 12.7. The van der Waals surface area contributed by atoms with Crippen molar-refractivity contribution < 1.29 is 19.0 Å². The number of hydrogen-bond donors (Lipinski definition) is 4. The van der Waals surface area contributed by atoms with Gasteiger partial charge in [0.1, 0.15) is 0 Å². The molecule has 0 aromatic heterocycles. The van der Waals surface area contributed by atoms with Crippen LogP contribution in [0.1, 0.15) is 6.92 Å². The van der Waals surface area contributed by atoms with E-state index in [2.05, 4.69) is 15.3 Å². The molecule has 0 saturated carbocycles. The van der Waals surface area contributed by atoms with E-state index in [0.717, 1.165) is 0 Å². The minimum Gasteiger partial charge on any atom is -0.454 e. The smallest absolute Gasteiger partial charge is 0.411 e. The van der Waals surface area contributed by atoms with E-state index in [4.69, 9.17) is 31.4 Å². The van der Waals surface area contributed by atoms with Gasteiger partial charge in [0.15, 0.2) is 17.5 Å². The van der Waals surface area contributed by atoms with Crippen molar-refractivity contribution in [3.8, 4) is 11.5 Å². The van der Waals surface area contributed by atoms with Crippen LogP contribution in [-0.2, 0) is 4.74 Å². The number of ether oxygens (including phenoxy) is 3. The third kappa shape index (κ3) is 3.69. The summed E-state index contributed by atoms with van der Waals surface area (Å²) < 4.78 is 15.3. The van der Waals surface area contributed by atoms with Gasteiger partial charge in [0.2, 0.25) is 12.8 Å². The Balaban J connectivity index is 2.37. The largest absolute Gasteiger partial charge is 0.454 e. The average Bonchev–Trinajstić information content (AvgIpc) is 2.85. The van der Waals surface area contributed by atoms with E-state index >= 15 is 0 Å². The van der Waals surface area contributed by atoms with Crippen LogP contribution in [0, 0.1) is 0 Å². The maximum absolute atomic E-state index is 11.6. The third-order valence-electron chi connectivity index (χ3n) is 2.48. The summed E-state index contributed by atoms with van der Waals surface area (Å²) in [6.45, 7) is 1.99. The van der Waals surface area contributed by atoms with Crippen molar-refractivity contribution in [3.05, 3.63) is 12.1 Å². The monoisotopic (exact) mass is 308 g/mol. The van der Waals surface area contributed by atoms with Crippen LogP contribution in [-0.4, -0.2) is 31.4 Å². The number of anilines is 1. The lowest BCUT2D eigenvalue weighted by atomic mass is 10.2. The molecule has 10 nitrogen and oxygen atoms in total. The van der Waals surface area contributed by atoms with Crippen LogP contribution in [0.2, 0.25) is 0 Å². The number of nitrogens with two attached hydrogens (primary N) is 3. The molecular weight excluding hydrogens is 292 g/mol. The van der Waals surface area contributed by atoms with Crippen molar-refractivity contribution in [2.75, 3.05) is 18.7 Å². The summed E-state index contributed by atoms with van der Waals surface area (Å²) in [6, 6.07) is 3.08. The minimum absolute atomic E-state index is 0.0741. The predicted molar refractivity (Wildman–Crippen MR) is 80.3 cm³/mol. The number of carbonyl (C=O) groups excluding carboxylic acids is 1. The van der Waals surface area contributed by atoms with Gasteiger partial charge >= 0.3 is 6.09 Å². The van der Waals surface area contributed by atoms with Gasteiger partial charge in [-0.05, 0) is 6.92 Å². The zero-order valence-electron chi connectivity index (χ0n) is 11.8. The number of carbonyl (C=O) groups is 1. The Bertz CT molecular complexity index is 639. The summed E-state index contributed by atoms with van der Waals surface area (Å²) in [7, 11) is 0. The highest BCUT2D eigenvalue weighted by atomic mass is 16.7. The number of benzene rings is 1. The van der Waals surface area contributed by atoms with Crippen molar-refractivity contribution >= 4 is 29.4 Å². The highest BCUT2D eigenvalue weighted by Crippen LogP contribution is 2.41. The number of nitrogens with one attached hydrogen (secondary N) is 1. The maximum Gasteiger partial charge on any atom is 0.411 e. The number of aliphatic imine (C=N–C) groups is 2. The lowest BCUT2D eigenvalue weighted by molar-refractivity contribution is 0.168. The Morgan fingerprint density at radius 3 is 2.64 bits per heavy atom. The Morgan fingerprint density at radius 2 is 2.00 bits per heavy atom. The number of nitrogens with zero attached hydrogens (tertiary/aromatic N) is 2. The molecule has 1 aromatic carbocycles. The van der Waals surface area contributed by atoms with Gasteiger partial charge in [-0.15, -0.1) is 0 Å². The maximum atomic E-state index is 11.6. The summed E-state index contributed by atoms with van der Waals surface area (Å²) in [6.07, 6.45) is -0.641. The van der Waals surface area contributed by atoms with E-state index in [0.29, 0.717) is 22.9 Å². The molecule has 0 bridgehead atoms. The van der Waals surface area contributed by atoms with E-state index in [9.17, 15) is 4.79 Å². The van der Waals surface area contributed by atoms with Crippen LogP contribution in [0.5, 0.6) is 11.5 Å². The molecule has 0 aliphatic carbocycles. The van der Waals surface area contributed by atoms with E-state index in [1.807, 2.05) is 0 Å². The van der Waals surface area contributed by atoms with Crippen LogP contribution in [0.4, 0.5) is 16.2 Å². The Labute approximate surface area is 125 Å². The first-order chi connectivity index (χ1) is 10.5. The van der Waals surface area contributed by atoms with Crippen LogP contribution >= 0.6 is 0 Å². The molecule has 10 heteroatoms. The molecule has 1 amide bonds. The minimum atomic E-state index is -0.641. The van der Waals surface area contributed by atoms with E-state index in [-0.39, 0.29) is 25.3 Å². The molecule has 1 aromatic rings. The quantitative estimate of drug-likeness (QED) is 0.458. The second-order valence-corrected chi connectivity index (χ2v) is 4.07. The van der Waals surface area contributed by atoms with Gasteiger partial charge in [-0.25, -0.2) is 9.79 Å². The number of rotatable bonds is 3. The lowest BCUT2D eigenvalue weighted by Gasteiger charge is -2.09. The number of hydrogen-bond acceptors (Lipinski definition) is 5. The van der Waals surface area contributed by atoms with E-state index in [1.165, 1.54) is 0 Å². The zero-order valence-corrected chi connectivity index (χ0v) is 11.8. The standard InChI is InChI=1S/C12H16N6O4/c1-2-20-12(19)17-7-4-9-8(21-5-22-9)3-6(7)16-11(15)18-10(13)14/h3-4H,2,5H2,1H3,(H,17,19)(H6,13,14,15,16,18). The number of amides is 1. The van der Waals surface area contributed by atoms with E-state index < -0.39 is 6.09 Å². The first-order valence-corrected chi connectivity index (χ1v) is 6.30. The molecule has 0 spiro atoms. The van der Waals surface area contributed by atoms with Gasteiger partial charge in [-0.1, -0.05) is 0 Å². The second-order valence-electron chi connectivity index (χ2n) is 4.07. The Hall–Kier alpha value is -3.17. The molecule has 2 rings (SSSR count). The highest BCUT2D eigenvalue weighted by molar-refractivity contribution is 5.96. The molecule has 0 fully saturated rings. The fourth-order valence-electron chi connectivity index (χ4n) is 1.68. The molecule has 118 valence electrons. The van der Waals surface area contributed by atoms with Crippen LogP contribution in [0.15, 0.2) is 22.1 Å². The third-order valence-corrected chi connectivity index (χ3v) is 2.48. The molecule has 7 N–H and O–H groups in total. The summed E-state index contributed by atoms with van der Waals surface area (Å²) in [4.78, 5) is 19.2. The summed E-state index contributed by atoms with van der Waals surface area (Å²) in [5.41, 5.74) is 16.7. The fraction of sp³-hybridized carbons (Fsp3) is 0.250. The van der Waals surface area contributed by atoms with Crippen molar-refractivity contribution in [2.24, 2.45) is 27.2 Å². The number of guanidine groups is 2. The molecule has 0 radical (unpaired) electrons. The lowest BCUT2D eigenvalue weighted by Crippen LogP contribution is -2.26. The Morgan fingerprint density at radius 1 is 1.32 bits per heavy atom. The highest BCUT2D eigenvalue weighted by Gasteiger charge is 2.19. The fourth-order valence-corrected chi connectivity index (χ4v) is 1.68. The average molecular weight is 308 g/mol. The zero-order chi connectivity index (χ0) is 16.1. The van der Waals surface area contributed by atoms with Crippen molar-refractivity contribution in [1.29, 1.82) is 0 Å². The summed E-state index contributed by atoms with van der Waals surface area (Å²) >= 11 is 0. The SMILES string of the molecule is CCOC(=O)Nc1cc2c(cc1N=C(N)N=C(N)N)OCO2. The van der Waals surface area contributed by atoms with Crippen molar-refractivity contribution in [1.82, 2.24) is 0 Å². The summed E-state index contributed by atoms with van der Waals surface area (Å²) in [5.74, 6) is 0.518. The molecule has 0 atom stereocenters. The van der Waals surface area contributed by atoms with Gasteiger partial charge in [0.05, 0.1) is 18.0 Å². The van der Waals surface area contributed by atoms with Crippen LogP contribution in [0.25, 0.3) is 0 Å². The molecule has 0 unspecified atom stereocenters. The second kappa shape index (κ2) is 6.52. The molecule has 1 aliphatic rings. The van der Waals surface area contributed by atoms with Crippen molar-refractivity contribution in [2.45, 2.75) is 6.92 Å². The molecular formula is C12H16N6O4. The molecule has 0 saturated heterocycles. The first-order valence-electron chi connectivity index (χ1n) is 6.30. The van der Waals surface area contributed by atoms with Gasteiger partial charge in [-0.2, -0.15) is 4.99 Å². The van der Waals surface area contributed by atoms with Crippen LogP contribution < -0.4 is 32.0 Å². The molecule has 22 heavy (non-hydrogen) atoms. The van der Waals surface area contributed by atoms with Crippen LogP contribution in [0.3, 0.4) is 0 Å². The molecule has 1 heterocycles. The summed E-state index contributed by atoms with van der Waals surface area (Å²) in [5, 5.41) is 2.53. The van der Waals surface area contributed by atoms with Gasteiger partial charge < -0.3 is 31.4 Å². The molecule has 1 aliphatic heterocycles. The number of fused-ring (bicyclic) bond motifs is 1. The van der Waals surface area contributed by atoms with Gasteiger partial charge in [0, 0.05) is 12.1 Å². The van der Waals surface area contributed by atoms with Crippen molar-refractivity contribution in [3.63, 3.8) is 0 Å². The van der Waals surface area contributed by atoms with E-state index in [1.54, 1.807) is 19.1 Å².